The van der Waals surface area contributed by atoms with Gasteiger partial charge >= 0.3 is 6.18 Å². The largest absolute Gasteiger partial charge is 0.394 e. The number of rotatable bonds is 4. The SMILES string of the molecule is CC[SH](C1CNCC1C(F)(F)F)S(=O)(=O)c1ccc(C)cc1. The molecular formula is C14H20F3NO2S2. The van der Waals surface area contributed by atoms with Crippen molar-refractivity contribution in [3.8, 4) is 0 Å². The van der Waals surface area contributed by atoms with Crippen molar-refractivity contribution in [2.75, 3.05) is 18.8 Å². The monoisotopic (exact) mass is 355 g/mol. The molecule has 3 nitrogen and oxygen atoms in total. The summed E-state index contributed by atoms with van der Waals surface area (Å²) in [5.74, 6) is -1.36. The summed E-state index contributed by atoms with van der Waals surface area (Å²) < 4.78 is 64.9. The molecule has 22 heavy (non-hydrogen) atoms. The number of aryl methyl sites for hydroxylation is 1. The van der Waals surface area contributed by atoms with Gasteiger partial charge in [0.25, 0.3) is 0 Å². The summed E-state index contributed by atoms with van der Waals surface area (Å²) in [6.45, 7) is 3.40. The van der Waals surface area contributed by atoms with E-state index in [1.165, 1.54) is 12.1 Å². The summed E-state index contributed by atoms with van der Waals surface area (Å²) in [4.78, 5) is 0.124. The van der Waals surface area contributed by atoms with Gasteiger partial charge in [0.15, 0.2) is 0 Å². The van der Waals surface area contributed by atoms with Gasteiger partial charge in [0, 0.05) is 18.3 Å². The van der Waals surface area contributed by atoms with Gasteiger partial charge in [-0.1, -0.05) is 24.6 Å². The molecule has 8 heteroatoms. The van der Waals surface area contributed by atoms with Crippen LogP contribution in [0.3, 0.4) is 0 Å². The number of hydrogen-bond donors (Lipinski definition) is 2. The Bertz CT molecular complexity index is 614. The van der Waals surface area contributed by atoms with Gasteiger partial charge in [-0.25, -0.2) is 8.42 Å². The van der Waals surface area contributed by atoms with E-state index in [0.29, 0.717) is 0 Å². The van der Waals surface area contributed by atoms with Gasteiger partial charge in [-0.05, 0) is 24.8 Å². The second-order valence-electron chi connectivity index (χ2n) is 5.40. The predicted octanol–water partition coefficient (Wildman–Crippen LogP) is 2.86. The Morgan fingerprint density at radius 3 is 2.32 bits per heavy atom. The summed E-state index contributed by atoms with van der Waals surface area (Å²) in [6.07, 6.45) is -4.37. The van der Waals surface area contributed by atoms with Crippen molar-refractivity contribution in [3.63, 3.8) is 0 Å². The molecule has 0 amide bonds. The molecule has 1 heterocycles. The zero-order valence-electron chi connectivity index (χ0n) is 12.4. The van der Waals surface area contributed by atoms with Crippen molar-refractivity contribution in [1.82, 2.24) is 5.32 Å². The minimum absolute atomic E-state index is 0.106. The van der Waals surface area contributed by atoms with Crippen molar-refractivity contribution >= 4 is 18.8 Å². The molecule has 1 aliphatic heterocycles. The van der Waals surface area contributed by atoms with Gasteiger partial charge in [-0.2, -0.15) is 13.2 Å². The first-order chi connectivity index (χ1) is 10.2. The van der Waals surface area contributed by atoms with E-state index in [9.17, 15) is 21.6 Å². The maximum absolute atomic E-state index is 13.1. The van der Waals surface area contributed by atoms with Crippen LogP contribution in [0.25, 0.3) is 0 Å². The van der Waals surface area contributed by atoms with Crippen molar-refractivity contribution in [2.45, 2.75) is 30.2 Å². The highest BCUT2D eigenvalue weighted by molar-refractivity contribution is 8.81. The van der Waals surface area contributed by atoms with Crippen LogP contribution in [0.1, 0.15) is 12.5 Å². The first kappa shape index (κ1) is 17.6. The number of halogens is 3. The van der Waals surface area contributed by atoms with Crippen molar-refractivity contribution in [3.05, 3.63) is 29.8 Å². The summed E-state index contributed by atoms with van der Waals surface area (Å²) in [5.41, 5.74) is 0.912. The molecule has 0 spiro atoms. The van der Waals surface area contributed by atoms with Gasteiger partial charge in [-0.15, -0.1) is 9.93 Å². The normalized spacial score (nSPS) is 25.2. The molecule has 1 aromatic rings. The Morgan fingerprint density at radius 1 is 1.23 bits per heavy atom. The lowest BCUT2D eigenvalue weighted by Crippen LogP contribution is -2.34. The van der Waals surface area contributed by atoms with Crippen LogP contribution < -0.4 is 5.32 Å². The zero-order chi connectivity index (χ0) is 16.5. The number of alkyl halides is 3. The van der Waals surface area contributed by atoms with E-state index in [1.807, 2.05) is 6.92 Å². The maximum atomic E-state index is 13.1. The molecule has 0 bridgehead atoms. The number of benzene rings is 1. The number of hydrogen-bond acceptors (Lipinski definition) is 3. The predicted molar refractivity (Wildman–Crippen MR) is 84.1 cm³/mol. The molecule has 1 fully saturated rings. The third kappa shape index (κ3) is 3.44. The second-order valence-corrected chi connectivity index (χ2v) is 11.8. The first-order valence-electron chi connectivity index (χ1n) is 7.04. The third-order valence-corrected chi connectivity index (χ3v) is 11.4. The van der Waals surface area contributed by atoms with Crippen LogP contribution in [0.15, 0.2) is 29.2 Å². The third-order valence-electron chi connectivity index (χ3n) is 3.91. The Labute approximate surface area is 131 Å². The van der Waals surface area contributed by atoms with Gasteiger partial charge in [-0.3, -0.25) is 0 Å². The highest BCUT2D eigenvalue weighted by atomic mass is 33.2. The van der Waals surface area contributed by atoms with Crippen molar-refractivity contribution in [2.24, 2.45) is 5.92 Å². The quantitative estimate of drug-likeness (QED) is 0.645. The fraction of sp³-hybridized carbons (Fsp3) is 0.571. The molecule has 0 radical (unpaired) electrons. The Hall–Kier alpha value is -0.730. The molecule has 1 N–H and O–H groups in total. The fourth-order valence-corrected chi connectivity index (χ4v) is 9.59. The van der Waals surface area contributed by atoms with Crippen molar-refractivity contribution < 1.29 is 21.6 Å². The summed E-state index contributed by atoms with van der Waals surface area (Å²) >= 11 is 0. The minimum Gasteiger partial charge on any atom is -0.315 e. The lowest BCUT2D eigenvalue weighted by Gasteiger charge is -2.31. The molecule has 0 saturated carbocycles. The van der Waals surface area contributed by atoms with Crippen LogP contribution in [0, 0.1) is 12.8 Å². The first-order valence-corrected chi connectivity index (χ1v) is 10.7. The molecule has 126 valence electrons. The molecular weight excluding hydrogens is 335 g/mol. The Morgan fingerprint density at radius 2 is 1.82 bits per heavy atom. The molecule has 1 aliphatic rings. The lowest BCUT2D eigenvalue weighted by molar-refractivity contribution is -0.167. The molecule has 3 unspecified atom stereocenters. The van der Waals surface area contributed by atoms with Gasteiger partial charge < -0.3 is 5.32 Å². The molecule has 0 aliphatic carbocycles. The van der Waals surface area contributed by atoms with Crippen LogP contribution in [-0.4, -0.2) is 38.7 Å². The van der Waals surface area contributed by atoms with E-state index in [0.717, 1.165) is 5.56 Å². The van der Waals surface area contributed by atoms with Gasteiger partial charge in [0.2, 0.25) is 8.87 Å². The molecule has 3 atom stereocenters. The lowest BCUT2D eigenvalue weighted by atomic mass is 10.1. The van der Waals surface area contributed by atoms with E-state index in [2.05, 4.69) is 5.32 Å². The van der Waals surface area contributed by atoms with Crippen LogP contribution in [0.2, 0.25) is 0 Å². The standard InChI is InChI=1S/C14H20F3NO2S2/c1-3-21(13-9-18-8-12(13)14(15,16)17)22(19,20)11-6-4-10(2)5-7-11/h4-7,12-13,18,21H,3,8-9H2,1-2H3. The van der Waals surface area contributed by atoms with E-state index < -0.39 is 36.1 Å². The highest BCUT2D eigenvalue weighted by Gasteiger charge is 2.50. The van der Waals surface area contributed by atoms with Crippen LogP contribution in [0.5, 0.6) is 0 Å². The van der Waals surface area contributed by atoms with E-state index in [1.54, 1.807) is 19.1 Å². The van der Waals surface area contributed by atoms with E-state index in [-0.39, 0.29) is 23.7 Å². The maximum Gasteiger partial charge on any atom is 0.394 e. The number of thiol groups is 1. The highest BCUT2D eigenvalue weighted by Crippen LogP contribution is 2.50. The van der Waals surface area contributed by atoms with E-state index >= 15 is 0 Å². The summed E-state index contributed by atoms with van der Waals surface area (Å²) in [5, 5.41) is 1.83. The fourth-order valence-electron chi connectivity index (χ4n) is 2.73. The van der Waals surface area contributed by atoms with E-state index in [4.69, 9.17) is 0 Å². The minimum atomic E-state index is -4.37. The second kappa shape index (κ2) is 6.41. The van der Waals surface area contributed by atoms with Crippen LogP contribution >= 0.6 is 9.93 Å². The molecule has 0 aromatic heterocycles. The molecule has 2 rings (SSSR count). The number of nitrogens with one attached hydrogen (secondary N) is 1. The topological polar surface area (TPSA) is 46.2 Å². The van der Waals surface area contributed by atoms with Gasteiger partial charge in [0.05, 0.1) is 10.8 Å². The molecule has 1 aromatic carbocycles. The smallest absolute Gasteiger partial charge is 0.315 e. The van der Waals surface area contributed by atoms with Crippen LogP contribution in [0.4, 0.5) is 13.2 Å². The average Bonchev–Trinajstić information content (AvgIpc) is 2.89. The summed E-state index contributed by atoms with van der Waals surface area (Å²) in [6, 6.07) is 6.32. The Balaban J connectivity index is 2.36. The molecule has 1 saturated heterocycles. The summed E-state index contributed by atoms with van der Waals surface area (Å²) in [7, 11) is -5.52. The average molecular weight is 355 g/mol. The van der Waals surface area contributed by atoms with Crippen molar-refractivity contribution in [1.29, 1.82) is 0 Å². The van der Waals surface area contributed by atoms with Gasteiger partial charge in [0.1, 0.15) is 0 Å². The van der Waals surface area contributed by atoms with Crippen LogP contribution in [-0.2, 0) is 8.87 Å². The Kier molecular flexibility index (Phi) is 5.13. The zero-order valence-corrected chi connectivity index (χ0v) is 14.1.